The minimum absolute atomic E-state index is 0.0328. The number of halogens is 1. The van der Waals surface area contributed by atoms with Gasteiger partial charge in [0.15, 0.2) is 0 Å². The lowest BCUT2D eigenvalue weighted by atomic mass is 10.0. The Morgan fingerprint density at radius 1 is 1.14 bits per heavy atom. The van der Waals surface area contributed by atoms with E-state index in [1.807, 2.05) is 0 Å². The predicted octanol–water partition coefficient (Wildman–Crippen LogP) is 4.44. The van der Waals surface area contributed by atoms with Crippen LogP contribution in [-0.4, -0.2) is 35.7 Å². The number of nitrogens with one attached hydrogen (secondary N) is 2. The molecule has 3 aromatic carbocycles. The molecule has 150 valence electrons. The molecule has 0 unspecified atom stereocenters. The van der Waals surface area contributed by atoms with Crippen LogP contribution in [0.3, 0.4) is 0 Å². The second kappa shape index (κ2) is 10.1. The van der Waals surface area contributed by atoms with Crippen LogP contribution in [0.15, 0.2) is 72.7 Å². The van der Waals surface area contributed by atoms with Gasteiger partial charge in [-0.05, 0) is 53.0 Å². The van der Waals surface area contributed by atoms with E-state index in [4.69, 9.17) is 25.3 Å². The lowest BCUT2D eigenvalue weighted by molar-refractivity contribution is 0.0697. The van der Waals surface area contributed by atoms with Gasteiger partial charge in [0, 0.05) is 35.7 Å². The van der Waals surface area contributed by atoms with Crippen LogP contribution in [-0.2, 0) is 0 Å². The zero-order valence-corrected chi connectivity index (χ0v) is 15.6. The van der Waals surface area contributed by atoms with Crippen LogP contribution in [0, 0.1) is 0 Å². The molecule has 0 heterocycles. The first kappa shape index (κ1) is 11.4. The van der Waals surface area contributed by atoms with Gasteiger partial charge in [-0.25, -0.2) is 4.79 Å². The quantitative estimate of drug-likeness (QED) is 0.411. The smallest absolute Gasteiger partial charge is 0.335 e. The monoisotopic (exact) mass is 420 g/mol. The van der Waals surface area contributed by atoms with E-state index in [0.29, 0.717) is 11.1 Å². The lowest BCUT2D eigenvalue weighted by Gasteiger charge is -2.13. The zero-order valence-electron chi connectivity index (χ0n) is 24.9. The van der Waals surface area contributed by atoms with E-state index in [1.165, 1.54) is 36.4 Å². The number of hydrogen-bond donors (Lipinski definition) is 4. The van der Waals surface area contributed by atoms with Crippen LogP contribution < -0.4 is 10.6 Å². The van der Waals surface area contributed by atoms with E-state index in [-0.39, 0.29) is 11.3 Å². The number of anilines is 1. The molecule has 5 nitrogen and oxygen atoms in total. The fraction of sp³-hybridized carbons (Fsp3) is 0.174. The minimum Gasteiger partial charge on any atom is -0.478 e. The van der Waals surface area contributed by atoms with Gasteiger partial charge in [0.05, 0.1) is 19.9 Å². The van der Waals surface area contributed by atoms with Crippen molar-refractivity contribution >= 4 is 23.3 Å². The van der Waals surface area contributed by atoms with Crippen LogP contribution in [0.25, 0.3) is 11.1 Å². The van der Waals surface area contributed by atoms with E-state index in [1.54, 1.807) is 17.4 Å². The summed E-state index contributed by atoms with van der Waals surface area (Å²) in [6, 6.07) is 8.94. The summed E-state index contributed by atoms with van der Waals surface area (Å²) in [5, 5.41) is 23.4. The number of hydrogen-bond acceptors (Lipinski definition) is 4. The van der Waals surface area contributed by atoms with Crippen molar-refractivity contribution in [3.05, 3.63) is 88.9 Å². The van der Waals surface area contributed by atoms with Crippen molar-refractivity contribution in [2.75, 3.05) is 24.8 Å². The molecule has 4 N–H and O–H groups in total. The molecule has 0 aliphatic carbocycles. The Bertz CT molecular complexity index is 1390. The average Bonchev–Trinajstić information content (AvgIpc) is 2.85. The van der Waals surface area contributed by atoms with E-state index >= 15 is 0 Å². The molecular weight excluding hydrogens is 388 g/mol. The van der Waals surface area contributed by atoms with Crippen molar-refractivity contribution < 1.29 is 28.7 Å². The van der Waals surface area contributed by atoms with Gasteiger partial charge in [-0.3, -0.25) is 0 Å². The topological polar surface area (TPSA) is 81.6 Å². The highest BCUT2D eigenvalue weighted by atomic mass is 35.5. The highest BCUT2D eigenvalue weighted by molar-refractivity contribution is 6.30. The molecule has 3 aromatic rings. The summed E-state index contributed by atoms with van der Waals surface area (Å²) in [5.41, 5.74) is 0.335. The largest absolute Gasteiger partial charge is 0.478 e. The second-order valence-corrected chi connectivity index (χ2v) is 6.12. The number of aromatic carboxylic acids is 1. The number of aliphatic hydroxyl groups excluding tert-OH is 1. The molecule has 0 aliphatic heterocycles. The van der Waals surface area contributed by atoms with Gasteiger partial charge >= 0.3 is 5.97 Å². The van der Waals surface area contributed by atoms with Crippen LogP contribution in [0.1, 0.15) is 35.7 Å². The molecule has 3 rings (SSSR count). The van der Waals surface area contributed by atoms with Crippen molar-refractivity contribution in [2.45, 2.75) is 6.10 Å². The predicted molar refractivity (Wildman–Crippen MR) is 117 cm³/mol. The molecule has 0 saturated heterocycles. The molecule has 0 fully saturated rings. The van der Waals surface area contributed by atoms with Gasteiger partial charge in [-0.1, -0.05) is 48.0 Å². The summed E-state index contributed by atoms with van der Waals surface area (Å²) in [6.45, 7) is -9.41. The number of rotatable bonds is 9. The Kier molecular flexibility index (Phi) is 3.94. The first-order valence-electron chi connectivity index (χ1n) is 13.3. The van der Waals surface area contributed by atoms with E-state index in [2.05, 4.69) is 5.32 Å². The summed E-state index contributed by atoms with van der Waals surface area (Å²) >= 11 is 5.83. The molecule has 29 heavy (non-hydrogen) atoms. The summed E-state index contributed by atoms with van der Waals surface area (Å²) in [4.78, 5) is 11.3. The Morgan fingerprint density at radius 3 is 2.69 bits per heavy atom. The van der Waals surface area contributed by atoms with Gasteiger partial charge in [-0.15, -0.1) is 0 Å². The number of aliphatic hydroxyl groups is 1. The average molecular weight is 421 g/mol. The molecule has 0 bridgehead atoms. The van der Waals surface area contributed by atoms with Crippen molar-refractivity contribution in [2.24, 2.45) is 0 Å². The lowest BCUT2D eigenvalue weighted by Crippen LogP contribution is -2.26. The van der Waals surface area contributed by atoms with Crippen molar-refractivity contribution in [1.82, 2.24) is 5.32 Å². The molecule has 0 aromatic heterocycles. The number of carboxylic acid groups (broad SMARTS) is 1. The first-order chi connectivity index (χ1) is 17.9. The number of carboxylic acids is 1. The Hall–Kier alpha value is -2.86. The van der Waals surface area contributed by atoms with E-state index in [0.717, 1.165) is 0 Å². The molecule has 1 atom stereocenters. The second-order valence-electron chi connectivity index (χ2n) is 5.74. The molecular formula is C23H23ClN2O3. The molecule has 0 spiro atoms. The molecule has 6 heteroatoms. The fourth-order valence-corrected chi connectivity index (χ4v) is 2.54. The third-order valence-electron chi connectivity index (χ3n) is 3.73. The van der Waals surface area contributed by atoms with Crippen molar-refractivity contribution in [3.63, 3.8) is 0 Å². The zero-order chi connectivity index (χ0) is 29.5. The molecule has 0 aliphatic rings. The van der Waals surface area contributed by atoms with Gasteiger partial charge in [-0.2, -0.15) is 0 Å². The van der Waals surface area contributed by atoms with Crippen molar-refractivity contribution in [1.29, 1.82) is 0 Å². The van der Waals surface area contributed by atoms with Crippen molar-refractivity contribution in [3.8, 4) is 11.1 Å². The van der Waals surface area contributed by atoms with E-state index in [9.17, 15) is 15.0 Å². The summed E-state index contributed by atoms with van der Waals surface area (Å²) in [6.07, 6.45) is -2.43. The Labute approximate surface area is 189 Å². The minimum atomic E-state index is -3.22. The maximum absolute atomic E-state index is 11.3. The first-order valence-corrected chi connectivity index (χ1v) is 8.72. The number of carbonyl (C=O) groups is 1. The Morgan fingerprint density at radius 2 is 1.90 bits per heavy atom. The van der Waals surface area contributed by atoms with Gasteiger partial charge < -0.3 is 20.8 Å². The van der Waals surface area contributed by atoms with E-state index < -0.39 is 66.3 Å². The maximum Gasteiger partial charge on any atom is 0.335 e. The normalized spacial score (nSPS) is 18.3. The third kappa shape index (κ3) is 6.06. The third-order valence-corrected chi connectivity index (χ3v) is 3.92. The van der Waals surface area contributed by atoms with Crippen LogP contribution in [0.4, 0.5) is 5.69 Å². The molecule has 0 amide bonds. The van der Waals surface area contributed by atoms with Crippen LogP contribution in [0.5, 0.6) is 0 Å². The standard InChI is InChI=1S/C23H23ClN2O3/c24-20-8-2-6-18(13-20)22(27)15-25-10-11-26-21-9-3-5-17(14-21)16-4-1-7-19(12-16)23(28)29/h1-9,12-14,22,25-27H,10-11,15H2,(H,28,29)/t22-/m0/s1/i2D,6D,8D,10D2,11D2,13D,15D2. The highest BCUT2D eigenvalue weighted by Crippen LogP contribution is 2.23. The molecule has 0 saturated carbocycles. The van der Waals surface area contributed by atoms with Crippen LogP contribution in [0.2, 0.25) is 5.02 Å². The maximum atomic E-state index is 11.3. The molecule has 0 radical (unpaired) electrons. The summed E-state index contributed by atoms with van der Waals surface area (Å²) in [5.74, 6) is -1.13. The summed E-state index contributed by atoms with van der Waals surface area (Å²) in [7, 11) is 0. The number of benzene rings is 3. The fourth-order valence-electron chi connectivity index (χ4n) is 2.39. The Balaban J connectivity index is 1.88. The van der Waals surface area contributed by atoms with Crippen LogP contribution >= 0.6 is 11.6 Å². The van der Waals surface area contributed by atoms with Gasteiger partial charge in [0.2, 0.25) is 0 Å². The summed E-state index contributed by atoms with van der Waals surface area (Å²) < 4.78 is 80.7. The SMILES string of the molecule is [2H]c1c([2H])c(Cl)c([2H])c([C@@H](O)C([2H])([2H])NC([2H])([2H])C([2H])([2H])Nc2cccc(-c3cccc(C(=O)O)c3)c2)c1[2H]. The highest BCUT2D eigenvalue weighted by Gasteiger charge is 2.07. The van der Waals surface area contributed by atoms with Gasteiger partial charge in [0.25, 0.3) is 0 Å². The van der Waals surface area contributed by atoms with Gasteiger partial charge in [0.1, 0.15) is 0 Å².